The van der Waals surface area contributed by atoms with Gasteiger partial charge in [0.05, 0.1) is 22.5 Å². The second-order valence-corrected chi connectivity index (χ2v) is 8.36. The van der Waals surface area contributed by atoms with Crippen LogP contribution >= 0.6 is 0 Å². The molecule has 0 saturated heterocycles. The standard InChI is InChI=1S/C20H26N6O3S/c1-4-26-15(2)22-14-19(26)18-10-12-21-20(25-18)24-16-6-8-17(9-7-16)30(27,28)23-11-5-13-29-3/h6-10,12,14,23H,4-5,11,13H2,1-3H3,(H,21,24,25). The Morgan fingerprint density at radius 3 is 2.60 bits per heavy atom. The highest BCUT2D eigenvalue weighted by molar-refractivity contribution is 7.89. The van der Waals surface area contributed by atoms with E-state index in [9.17, 15) is 8.42 Å². The number of sulfonamides is 1. The minimum absolute atomic E-state index is 0.197. The molecule has 0 radical (unpaired) electrons. The summed E-state index contributed by atoms with van der Waals surface area (Å²) in [5, 5.41) is 3.11. The number of ether oxygens (including phenoxy) is 1. The van der Waals surface area contributed by atoms with Crippen molar-refractivity contribution in [3.05, 3.63) is 48.5 Å². The smallest absolute Gasteiger partial charge is 0.240 e. The van der Waals surface area contributed by atoms with Crippen molar-refractivity contribution in [3.63, 3.8) is 0 Å². The van der Waals surface area contributed by atoms with Gasteiger partial charge >= 0.3 is 0 Å². The van der Waals surface area contributed by atoms with Crippen molar-refractivity contribution in [3.8, 4) is 11.4 Å². The Balaban J connectivity index is 1.71. The van der Waals surface area contributed by atoms with E-state index in [-0.39, 0.29) is 4.90 Å². The number of nitrogens with zero attached hydrogens (tertiary/aromatic N) is 4. The van der Waals surface area contributed by atoms with E-state index in [1.807, 2.05) is 13.0 Å². The molecule has 1 aromatic carbocycles. The van der Waals surface area contributed by atoms with Crippen LogP contribution < -0.4 is 10.0 Å². The van der Waals surface area contributed by atoms with Gasteiger partial charge in [0.2, 0.25) is 16.0 Å². The summed E-state index contributed by atoms with van der Waals surface area (Å²) in [5.74, 6) is 1.34. The lowest BCUT2D eigenvalue weighted by Crippen LogP contribution is -2.25. The third-order valence-electron chi connectivity index (χ3n) is 4.53. The number of anilines is 2. The quantitative estimate of drug-likeness (QED) is 0.476. The molecule has 2 N–H and O–H groups in total. The molecule has 30 heavy (non-hydrogen) atoms. The molecule has 0 aliphatic heterocycles. The highest BCUT2D eigenvalue weighted by atomic mass is 32.2. The second kappa shape index (κ2) is 9.79. The molecule has 0 aliphatic carbocycles. The largest absolute Gasteiger partial charge is 0.385 e. The molecular formula is C20H26N6O3S. The number of imidazole rings is 1. The van der Waals surface area contributed by atoms with Gasteiger partial charge in [-0.1, -0.05) is 0 Å². The Morgan fingerprint density at radius 1 is 1.13 bits per heavy atom. The summed E-state index contributed by atoms with van der Waals surface area (Å²) in [6, 6.07) is 8.28. The zero-order chi connectivity index (χ0) is 21.6. The Kier molecular flexibility index (Phi) is 7.14. The number of benzene rings is 1. The maximum absolute atomic E-state index is 12.3. The van der Waals surface area contributed by atoms with Crippen LogP contribution in [0.4, 0.5) is 11.6 Å². The molecule has 0 bridgehead atoms. The van der Waals surface area contributed by atoms with E-state index in [4.69, 9.17) is 4.74 Å². The maximum Gasteiger partial charge on any atom is 0.240 e. The molecule has 0 saturated carbocycles. The summed E-state index contributed by atoms with van der Waals surface area (Å²) in [7, 11) is -1.97. The van der Waals surface area contributed by atoms with Gasteiger partial charge in [-0.2, -0.15) is 0 Å². The van der Waals surface area contributed by atoms with Crippen molar-refractivity contribution in [2.75, 3.05) is 25.6 Å². The molecule has 9 nitrogen and oxygen atoms in total. The minimum atomic E-state index is -3.55. The van der Waals surface area contributed by atoms with Gasteiger partial charge in [0.25, 0.3) is 0 Å². The number of hydrogen-bond donors (Lipinski definition) is 2. The molecule has 0 spiro atoms. The van der Waals surface area contributed by atoms with Crippen LogP contribution in [0.2, 0.25) is 0 Å². The fourth-order valence-electron chi connectivity index (χ4n) is 2.99. The lowest BCUT2D eigenvalue weighted by molar-refractivity contribution is 0.196. The van der Waals surface area contributed by atoms with Crippen LogP contribution in [0.25, 0.3) is 11.4 Å². The molecule has 0 aliphatic rings. The van der Waals surface area contributed by atoms with E-state index in [0.717, 1.165) is 23.8 Å². The lowest BCUT2D eigenvalue weighted by Gasteiger charge is -2.10. The average molecular weight is 431 g/mol. The van der Waals surface area contributed by atoms with E-state index in [2.05, 4.69) is 36.5 Å². The molecule has 3 rings (SSSR count). The summed E-state index contributed by atoms with van der Waals surface area (Å²) in [6.45, 7) is 5.63. The number of nitrogens with one attached hydrogen (secondary N) is 2. The predicted octanol–water partition coefficient (Wildman–Crippen LogP) is 2.73. The van der Waals surface area contributed by atoms with Crippen LogP contribution in [0.15, 0.2) is 47.6 Å². The van der Waals surface area contributed by atoms with Gasteiger partial charge < -0.3 is 14.6 Å². The number of methoxy groups -OCH3 is 1. The van der Waals surface area contributed by atoms with E-state index in [1.54, 1.807) is 43.8 Å². The SMILES string of the molecule is CCn1c(-c2ccnc(Nc3ccc(S(=O)(=O)NCCCOC)cc3)n2)cnc1C. The first-order valence-electron chi connectivity index (χ1n) is 9.66. The van der Waals surface area contributed by atoms with Gasteiger partial charge in [-0.05, 0) is 50.6 Å². The Labute approximate surface area is 176 Å². The summed E-state index contributed by atoms with van der Waals surface area (Å²) < 4.78 is 34.2. The van der Waals surface area contributed by atoms with E-state index >= 15 is 0 Å². The van der Waals surface area contributed by atoms with E-state index < -0.39 is 10.0 Å². The van der Waals surface area contributed by atoms with Gasteiger partial charge in [-0.3, -0.25) is 0 Å². The van der Waals surface area contributed by atoms with Crippen LogP contribution in [0.1, 0.15) is 19.2 Å². The molecule has 3 aromatic rings. The topological polar surface area (TPSA) is 111 Å². The zero-order valence-electron chi connectivity index (χ0n) is 17.3. The molecule has 2 aromatic heterocycles. The van der Waals surface area contributed by atoms with Crippen molar-refractivity contribution in [1.82, 2.24) is 24.2 Å². The van der Waals surface area contributed by atoms with Crippen LogP contribution in [0, 0.1) is 6.92 Å². The highest BCUT2D eigenvalue weighted by Gasteiger charge is 2.14. The molecule has 10 heteroatoms. The van der Waals surface area contributed by atoms with E-state index in [0.29, 0.717) is 31.2 Å². The van der Waals surface area contributed by atoms with Crippen molar-refractivity contribution >= 4 is 21.7 Å². The van der Waals surface area contributed by atoms with Crippen molar-refractivity contribution in [2.45, 2.75) is 31.7 Å². The van der Waals surface area contributed by atoms with Crippen molar-refractivity contribution < 1.29 is 13.2 Å². The van der Waals surface area contributed by atoms with Crippen LogP contribution in [-0.2, 0) is 21.3 Å². The molecule has 0 fully saturated rings. The van der Waals surface area contributed by atoms with Crippen molar-refractivity contribution in [2.24, 2.45) is 0 Å². The second-order valence-electron chi connectivity index (χ2n) is 6.59. The minimum Gasteiger partial charge on any atom is -0.385 e. The monoisotopic (exact) mass is 430 g/mol. The van der Waals surface area contributed by atoms with E-state index in [1.165, 1.54) is 0 Å². The first-order valence-corrected chi connectivity index (χ1v) is 11.1. The van der Waals surface area contributed by atoms with Gasteiger partial charge in [0, 0.05) is 38.7 Å². The van der Waals surface area contributed by atoms with Gasteiger partial charge in [0.15, 0.2) is 0 Å². The lowest BCUT2D eigenvalue weighted by atomic mass is 10.3. The molecule has 0 atom stereocenters. The number of aromatic nitrogens is 4. The Morgan fingerprint density at radius 2 is 1.90 bits per heavy atom. The third kappa shape index (κ3) is 5.21. The fraction of sp³-hybridized carbons (Fsp3) is 0.350. The summed E-state index contributed by atoms with van der Waals surface area (Å²) in [5.41, 5.74) is 2.36. The van der Waals surface area contributed by atoms with Crippen molar-refractivity contribution in [1.29, 1.82) is 0 Å². The normalized spacial score (nSPS) is 11.6. The molecule has 0 unspecified atom stereocenters. The number of aryl methyl sites for hydroxylation is 1. The van der Waals surface area contributed by atoms with Gasteiger partial charge in [-0.15, -0.1) is 0 Å². The van der Waals surface area contributed by atoms with Gasteiger partial charge in [0.1, 0.15) is 5.82 Å². The summed E-state index contributed by atoms with van der Waals surface area (Å²) >= 11 is 0. The average Bonchev–Trinajstić information content (AvgIpc) is 3.12. The predicted molar refractivity (Wildman–Crippen MR) is 115 cm³/mol. The summed E-state index contributed by atoms with van der Waals surface area (Å²) in [4.78, 5) is 13.4. The van der Waals surface area contributed by atoms with Crippen LogP contribution in [-0.4, -0.2) is 48.2 Å². The molecule has 2 heterocycles. The van der Waals surface area contributed by atoms with Crippen LogP contribution in [0.5, 0.6) is 0 Å². The highest BCUT2D eigenvalue weighted by Crippen LogP contribution is 2.21. The Bertz CT molecular complexity index is 1080. The first kappa shape index (κ1) is 21.9. The Hall–Kier alpha value is -2.82. The number of rotatable bonds is 10. The molecular weight excluding hydrogens is 404 g/mol. The number of hydrogen-bond acceptors (Lipinski definition) is 7. The first-order chi connectivity index (χ1) is 14.4. The van der Waals surface area contributed by atoms with Gasteiger partial charge in [-0.25, -0.2) is 28.1 Å². The summed E-state index contributed by atoms with van der Waals surface area (Å²) in [6.07, 6.45) is 4.08. The zero-order valence-corrected chi connectivity index (χ0v) is 18.1. The third-order valence-corrected chi connectivity index (χ3v) is 6.00. The maximum atomic E-state index is 12.3. The fourth-order valence-corrected chi connectivity index (χ4v) is 4.06. The molecule has 0 amide bonds. The van der Waals surface area contributed by atoms with Crippen LogP contribution in [0.3, 0.4) is 0 Å². The molecule has 160 valence electrons.